The first kappa shape index (κ1) is 20.4. The third-order valence-corrected chi connectivity index (χ3v) is 6.99. The lowest BCUT2D eigenvalue weighted by atomic mass is 9.89. The lowest BCUT2D eigenvalue weighted by molar-refractivity contribution is 0.0832. The van der Waals surface area contributed by atoms with Crippen molar-refractivity contribution in [2.45, 2.75) is 70.8 Å². The Morgan fingerprint density at radius 3 is 2.52 bits per heavy atom. The minimum Gasteiger partial charge on any atom is -0.381 e. The maximum absolute atomic E-state index is 13.6. The van der Waals surface area contributed by atoms with E-state index in [0.29, 0.717) is 23.8 Å². The molecule has 6 nitrogen and oxygen atoms in total. The van der Waals surface area contributed by atoms with Crippen LogP contribution in [0.15, 0.2) is 35.3 Å². The summed E-state index contributed by atoms with van der Waals surface area (Å²) in [5, 5.41) is 5.03. The second kappa shape index (κ2) is 8.95. The molecule has 6 heteroatoms. The van der Waals surface area contributed by atoms with E-state index in [2.05, 4.69) is 36.2 Å². The van der Waals surface area contributed by atoms with Crippen molar-refractivity contribution in [2.75, 3.05) is 13.2 Å². The van der Waals surface area contributed by atoms with Crippen molar-refractivity contribution in [1.82, 2.24) is 19.2 Å². The summed E-state index contributed by atoms with van der Waals surface area (Å²) in [6.45, 7) is 4.35. The molecule has 1 aliphatic carbocycles. The summed E-state index contributed by atoms with van der Waals surface area (Å²) in [6.07, 6.45) is 10.5. The number of ether oxygens (including phenoxy) is 1. The van der Waals surface area contributed by atoms with Gasteiger partial charge in [0.15, 0.2) is 5.52 Å². The Hall–Kier alpha value is -2.47. The van der Waals surface area contributed by atoms with Crippen LogP contribution in [0.4, 0.5) is 0 Å². The summed E-state index contributed by atoms with van der Waals surface area (Å²) in [7, 11) is 0. The van der Waals surface area contributed by atoms with Gasteiger partial charge in [0.25, 0.3) is 5.56 Å². The van der Waals surface area contributed by atoms with Gasteiger partial charge in [-0.3, -0.25) is 9.36 Å². The SMILES string of the molecule is Cc1ccc(Cc2nn3c(C4CCOCC4)ncc3c(=O)n2CC2CCCCC2)cc1. The molecule has 0 amide bonds. The molecule has 1 saturated carbocycles. The normalized spacial score (nSPS) is 18.6. The molecular formula is C25H32N4O2. The van der Waals surface area contributed by atoms with Crippen molar-refractivity contribution >= 4 is 5.52 Å². The molecule has 2 aromatic heterocycles. The number of nitrogens with zero attached hydrogens (tertiary/aromatic N) is 4. The fourth-order valence-corrected chi connectivity index (χ4v) is 5.11. The Balaban J connectivity index is 1.57. The van der Waals surface area contributed by atoms with E-state index in [1.165, 1.54) is 43.2 Å². The average Bonchev–Trinajstić information content (AvgIpc) is 3.23. The van der Waals surface area contributed by atoms with Gasteiger partial charge in [0.1, 0.15) is 11.6 Å². The maximum atomic E-state index is 13.6. The van der Waals surface area contributed by atoms with Crippen LogP contribution in [0.25, 0.3) is 5.52 Å². The van der Waals surface area contributed by atoms with Crippen LogP contribution < -0.4 is 5.56 Å². The predicted molar refractivity (Wildman–Crippen MR) is 121 cm³/mol. The van der Waals surface area contributed by atoms with Gasteiger partial charge < -0.3 is 4.74 Å². The highest BCUT2D eigenvalue weighted by Gasteiger charge is 2.24. The van der Waals surface area contributed by atoms with Crippen LogP contribution in [-0.4, -0.2) is 32.4 Å². The van der Waals surface area contributed by atoms with Gasteiger partial charge in [-0.2, -0.15) is 5.10 Å². The molecule has 3 aromatic rings. The van der Waals surface area contributed by atoms with Gasteiger partial charge in [-0.15, -0.1) is 0 Å². The van der Waals surface area contributed by atoms with E-state index in [1.807, 2.05) is 9.08 Å². The summed E-state index contributed by atoms with van der Waals surface area (Å²) < 4.78 is 9.30. The van der Waals surface area contributed by atoms with Gasteiger partial charge in [0, 0.05) is 32.1 Å². The van der Waals surface area contributed by atoms with Crippen LogP contribution >= 0.6 is 0 Å². The zero-order chi connectivity index (χ0) is 21.2. The van der Waals surface area contributed by atoms with Crippen LogP contribution in [0.2, 0.25) is 0 Å². The molecule has 1 aliphatic heterocycles. The van der Waals surface area contributed by atoms with Gasteiger partial charge in [-0.1, -0.05) is 49.1 Å². The molecule has 0 N–H and O–H groups in total. The highest BCUT2D eigenvalue weighted by atomic mass is 16.5. The molecule has 0 bridgehead atoms. The molecule has 3 heterocycles. The molecule has 0 atom stereocenters. The maximum Gasteiger partial charge on any atom is 0.279 e. The smallest absolute Gasteiger partial charge is 0.279 e. The Labute approximate surface area is 183 Å². The minimum atomic E-state index is 0.0495. The first-order chi connectivity index (χ1) is 15.2. The molecular weight excluding hydrogens is 388 g/mol. The van der Waals surface area contributed by atoms with Crippen molar-refractivity contribution in [3.63, 3.8) is 0 Å². The van der Waals surface area contributed by atoms with Crippen LogP contribution in [0.3, 0.4) is 0 Å². The first-order valence-corrected chi connectivity index (χ1v) is 11.8. The molecule has 5 rings (SSSR count). The number of aromatic nitrogens is 4. The number of fused-ring (bicyclic) bond motifs is 1. The molecule has 2 fully saturated rings. The Kier molecular flexibility index (Phi) is 5.90. The molecule has 164 valence electrons. The second-order valence-electron chi connectivity index (χ2n) is 9.30. The van der Waals surface area contributed by atoms with Gasteiger partial charge >= 0.3 is 0 Å². The monoisotopic (exact) mass is 420 g/mol. The van der Waals surface area contributed by atoms with E-state index in [0.717, 1.165) is 44.2 Å². The largest absolute Gasteiger partial charge is 0.381 e. The molecule has 0 radical (unpaired) electrons. The molecule has 1 aromatic carbocycles. The molecule has 0 spiro atoms. The van der Waals surface area contributed by atoms with E-state index < -0.39 is 0 Å². The Morgan fingerprint density at radius 2 is 1.77 bits per heavy atom. The lowest BCUT2D eigenvalue weighted by Crippen LogP contribution is -2.31. The van der Waals surface area contributed by atoms with E-state index in [9.17, 15) is 4.79 Å². The summed E-state index contributed by atoms with van der Waals surface area (Å²) in [6, 6.07) is 8.54. The average molecular weight is 421 g/mol. The Bertz CT molecular complexity index is 1090. The zero-order valence-corrected chi connectivity index (χ0v) is 18.4. The lowest BCUT2D eigenvalue weighted by Gasteiger charge is -2.24. The fourth-order valence-electron chi connectivity index (χ4n) is 5.11. The molecule has 0 unspecified atom stereocenters. The van der Waals surface area contributed by atoms with Gasteiger partial charge in [-0.05, 0) is 44.1 Å². The third-order valence-electron chi connectivity index (χ3n) is 6.99. The minimum absolute atomic E-state index is 0.0495. The van der Waals surface area contributed by atoms with Crippen molar-refractivity contribution in [3.8, 4) is 0 Å². The van der Waals surface area contributed by atoms with E-state index in [-0.39, 0.29) is 5.56 Å². The third kappa shape index (κ3) is 4.31. The number of hydrogen-bond acceptors (Lipinski definition) is 4. The summed E-state index contributed by atoms with van der Waals surface area (Å²) >= 11 is 0. The van der Waals surface area contributed by atoms with Crippen molar-refractivity contribution < 1.29 is 4.74 Å². The first-order valence-electron chi connectivity index (χ1n) is 11.8. The number of benzene rings is 1. The highest BCUT2D eigenvalue weighted by Crippen LogP contribution is 2.27. The number of imidazole rings is 1. The molecule has 2 aliphatic rings. The Morgan fingerprint density at radius 1 is 1.03 bits per heavy atom. The second-order valence-corrected chi connectivity index (χ2v) is 9.30. The van der Waals surface area contributed by atoms with E-state index in [1.54, 1.807) is 6.20 Å². The van der Waals surface area contributed by atoms with Crippen molar-refractivity contribution in [2.24, 2.45) is 5.92 Å². The fraction of sp³-hybridized carbons (Fsp3) is 0.560. The van der Waals surface area contributed by atoms with Crippen molar-refractivity contribution in [1.29, 1.82) is 0 Å². The standard InChI is InChI=1S/C25H32N4O2/c1-18-7-9-19(10-8-18)15-23-27-29-22(16-26-24(29)21-11-13-31-14-12-21)25(30)28(23)17-20-5-3-2-4-6-20/h7-10,16,20-21H,2-6,11-15,17H2,1H3. The quantitative estimate of drug-likeness (QED) is 0.619. The van der Waals surface area contributed by atoms with Crippen LogP contribution in [0, 0.1) is 12.8 Å². The highest BCUT2D eigenvalue weighted by molar-refractivity contribution is 5.43. The van der Waals surface area contributed by atoms with E-state index in [4.69, 9.17) is 9.84 Å². The summed E-state index contributed by atoms with van der Waals surface area (Å²) in [4.78, 5) is 18.3. The van der Waals surface area contributed by atoms with Crippen LogP contribution in [0.1, 0.15) is 73.6 Å². The molecule has 1 saturated heterocycles. The number of rotatable bonds is 5. The van der Waals surface area contributed by atoms with Gasteiger partial charge in [0.05, 0.1) is 6.20 Å². The van der Waals surface area contributed by atoms with Gasteiger partial charge in [0.2, 0.25) is 0 Å². The van der Waals surface area contributed by atoms with E-state index >= 15 is 0 Å². The molecule has 31 heavy (non-hydrogen) atoms. The summed E-state index contributed by atoms with van der Waals surface area (Å²) in [5.74, 6) is 2.61. The number of hydrogen-bond donors (Lipinski definition) is 0. The van der Waals surface area contributed by atoms with Crippen molar-refractivity contribution in [3.05, 3.63) is 63.6 Å². The van der Waals surface area contributed by atoms with Crippen LogP contribution in [-0.2, 0) is 17.7 Å². The zero-order valence-electron chi connectivity index (χ0n) is 18.4. The number of aryl methyl sites for hydroxylation is 1. The summed E-state index contributed by atoms with van der Waals surface area (Å²) in [5.41, 5.74) is 3.07. The predicted octanol–water partition coefficient (Wildman–Crippen LogP) is 4.26. The van der Waals surface area contributed by atoms with Gasteiger partial charge in [-0.25, -0.2) is 9.50 Å². The topological polar surface area (TPSA) is 61.4 Å². The van der Waals surface area contributed by atoms with Crippen LogP contribution in [0.5, 0.6) is 0 Å².